The Balaban J connectivity index is 2.01. The van der Waals surface area contributed by atoms with E-state index in [1.807, 2.05) is 18.2 Å². The second-order valence-corrected chi connectivity index (χ2v) is 5.56. The summed E-state index contributed by atoms with van der Waals surface area (Å²) >= 11 is 1.65. The molecule has 0 aliphatic rings. The van der Waals surface area contributed by atoms with E-state index >= 15 is 0 Å². The quantitative estimate of drug-likeness (QED) is 0.636. The molecule has 2 rings (SSSR count). The maximum atomic E-state index is 4.65. The zero-order valence-electron chi connectivity index (χ0n) is 12.6. The van der Waals surface area contributed by atoms with E-state index < -0.39 is 0 Å². The molecule has 1 aromatic carbocycles. The maximum absolute atomic E-state index is 4.65. The summed E-state index contributed by atoms with van der Waals surface area (Å²) in [5.74, 6) is 0.857. The fourth-order valence-corrected chi connectivity index (χ4v) is 2.58. The summed E-state index contributed by atoms with van der Waals surface area (Å²) in [6.07, 6.45) is 1.08. The Morgan fingerprint density at radius 1 is 1.19 bits per heavy atom. The van der Waals surface area contributed by atoms with E-state index in [9.17, 15) is 0 Å². The molecule has 21 heavy (non-hydrogen) atoms. The number of nitrogens with one attached hydrogen (secondary N) is 2. The van der Waals surface area contributed by atoms with Gasteiger partial charge in [-0.25, -0.2) is 9.98 Å². The van der Waals surface area contributed by atoms with Crippen LogP contribution in [0, 0.1) is 0 Å². The average Bonchev–Trinajstić information content (AvgIpc) is 3.00. The molecule has 0 radical (unpaired) electrons. The normalized spacial score (nSPS) is 11.4. The first-order chi connectivity index (χ1) is 10.3. The first-order valence-corrected chi connectivity index (χ1v) is 8.23. The zero-order chi connectivity index (χ0) is 14.9. The van der Waals surface area contributed by atoms with Gasteiger partial charge in [-0.3, -0.25) is 0 Å². The minimum atomic E-state index is 0.608. The van der Waals surface area contributed by atoms with E-state index in [0.29, 0.717) is 6.54 Å². The Morgan fingerprint density at radius 2 is 2.00 bits per heavy atom. The minimum absolute atomic E-state index is 0.608. The lowest BCUT2D eigenvalue weighted by Gasteiger charge is -2.09. The van der Waals surface area contributed by atoms with Crippen molar-refractivity contribution in [2.24, 2.45) is 4.99 Å². The van der Waals surface area contributed by atoms with Crippen LogP contribution in [-0.4, -0.2) is 24.0 Å². The smallest absolute Gasteiger partial charge is 0.191 e. The summed E-state index contributed by atoms with van der Waals surface area (Å²) < 4.78 is 0. The molecule has 0 aliphatic carbocycles. The molecule has 5 heteroatoms. The van der Waals surface area contributed by atoms with Crippen molar-refractivity contribution in [3.05, 3.63) is 40.7 Å². The summed E-state index contributed by atoms with van der Waals surface area (Å²) in [4.78, 5) is 9.22. The van der Waals surface area contributed by atoms with E-state index in [0.717, 1.165) is 41.7 Å². The summed E-state index contributed by atoms with van der Waals surface area (Å²) in [6.45, 7) is 6.61. The predicted octanol–water partition coefficient (Wildman–Crippen LogP) is 3.28. The molecular weight excluding hydrogens is 280 g/mol. The van der Waals surface area contributed by atoms with Gasteiger partial charge in [0.2, 0.25) is 0 Å². The van der Waals surface area contributed by atoms with Gasteiger partial charge in [-0.15, -0.1) is 11.3 Å². The Labute approximate surface area is 130 Å². The second-order valence-electron chi connectivity index (χ2n) is 4.61. The van der Waals surface area contributed by atoms with Crippen molar-refractivity contribution < 1.29 is 0 Å². The van der Waals surface area contributed by atoms with Crippen LogP contribution in [0.1, 0.15) is 25.3 Å². The topological polar surface area (TPSA) is 49.3 Å². The van der Waals surface area contributed by atoms with Gasteiger partial charge < -0.3 is 10.6 Å². The molecule has 0 saturated heterocycles. The number of aliphatic imine (C=N–C) groups is 1. The first-order valence-electron chi connectivity index (χ1n) is 7.35. The monoisotopic (exact) mass is 302 g/mol. The summed E-state index contributed by atoms with van der Waals surface area (Å²) in [5.41, 5.74) is 2.18. The molecule has 0 amide bonds. The Kier molecular flexibility index (Phi) is 6.22. The van der Waals surface area contributed by atoms with Crippen molar-refractivity contribution in [3.63, 3.8) is 0 Å². The third-order valence-corrected chi connectivity index (χ3v) is 3.71. The molecule has 0 aliphatic heterocycles. The largest absolute Gasteiger partial charge is 0.357 e. The molecule has 2 N–H and O–H groups in total. The summed E-state index contributed by atoms with van der Waals surface area (Å²) in [5, 5.41) is 9.66. The fourth-order valence-electron chi connectivity index (χ4n) is 1.86. The Morgan fingerprint density at radius 3 is 2.71 bits per heavy atom. The van der Waals surface area contributed by atoms with Crippen LogP contribution in [0.3, 0.4) is 0 Å². The fraction of sp³-hybridized carbons (Fsp3) is 0.375. The number of guanidine groups is 1. The number of rotatable bonds is 6. The standard InChI is InChI=1S/C16H22N4S/c1-3-10-18-16(17-4-2)19-11-15-20-14(12-21-15)13-8-6-5-7-9-13/h5-9,12H,3-4,10-11H2,1-2H3,(H2,17,18,19). The van der Waals surface area contributed by atoms with Crippen molar-refractivity contribution in [2.75, 3.05) is 13.1 Å². The predicted molar refractivity (Wildman–Crippen MR) is 90.7 cm³/mol. The number of aromatic nitrogens is 1. The molecule has 0 saturated carbocycles. The maximum Gasteiger partial charge on any atom is 0.191 e. The molecule has 1 heterocycles. The van der Waals surface area contributed by atoms with Crippen molar-refractivity contribution >= 4 is 17.3 Å². The number of thiazole rings is 1. The first kappa shape index (κ1) is 15.5. The molecule has 2 aromatic rings. The van der Waals surface area contributed by atoms with Crippen LogP contribution in [0.2, 0.25) is 0 Å². The van der Waals surface area contributed by atoms with Crippen molar-refractivity contribution in [1.82, 2.24) is 15.6 Å². The van der Waals surface area contributed by atoms with E-state index in [-0.39, 0.29) is 0 Å². The molecule has 1 aromatic heterocycles. The Bertz CT molecular complexity index is 563. The van der Waals surface area contributed by atoms with Crippen LogP contribution in [0.5, 0.6) is 0 Å². The lowest BCUT2D eigenvalue weighted by molar-refractivity contribution is 0.785. The van der Waals surface area contributed by atoms with E-state index in [1.54, 1.807) is 11.3 Å². The van der Waals surface area contributed by atoms with Gasteiger partial charge in [-0.05, 0) is 13.3 Å². The summed E-state index contributed by atoms with van der Waals surface area (Å²) in [7, 11) is 0. The molecule has 0 bridgehead atoms. The van der Waals surface area contributed by atoms with E-state index in [4.69, 9.17) is 0 Å². The minimum Gasteiger partial charge on any atom is -0.357 e. The number of hydrogen-bond acceptors (Lipinski definition) is 3. The third-order valence-electron chi connectivity index (χ3n) is 2.88. The summed E-state index contributed by atoms with van der Waals surface area (Å²) in [6, 6.07) is 10.2. The van der Waals surface area contributed by atoms with Gasteiger partial charge in [0.15, 0.2) is 5.96 Å². The van der Waals surface area contributed by atoms with Gasteiger partial charge in [0.05, 0.1) is 12.2 Å². The highest BCUT2D eigenvalue weighted by Gasteiger charge is 2.04. The molecule has 112 valence electrons. The highest BCUT2D eigenvalue weighted by atomic mass is 32.1. The molecule has 0 spiro atoms. The molecule has 0 fully saturated rings. The SMILES string of the molecule is CCCNC(=NCc1nc(-c2ccccc2)cs1)NCC. The molecular formula is C16H22N4S. The zero-order valence-corrected chi connectivity index (χ0v) is 13.4. The molecule has 0 unspecified atom stereocenters. The van der Waals surface area contributed by atoms with Gasteiger partial charge in [0, 0.05) is 24.0 Å². The van der Waals surface area contributed by atoms with Crippen LogP contribution in [0.15, 0.2) is 40.7 Å². The molecule has 4 nitrogen and oxygen atoms in total. The van der Waals surface area contributed by atoms with Crippen molar-refractivity contribution in [2.45, 2.75) is 26.8 Å². The number of benzene rings is 1. The van der Waals surface area contributed by atoms with Crippen LogP contribution < -0.4 is 10.6 Å². The average molecular weight is 302 g/mol. The van der Waals surface area contributed by atoms with Gasteiger partial charge in [-0.2, -0.15) is 0 Å². The number of nitrogens with zero attached hydrogens (tertiary/aromatic N) is 2. The van der Waals surface area contributed by atoms with Gasteiger partial charge >= 0.3 is 0 Å². The number of hydrogen-bond donors (Lipinski definition) is 2. The van der Waals surface area contributed by atoms with Gasteiger partial charge in [-0.1, -0.05) is 37.3 Å². The Hall–Kier alpha value is -1.88. The van der Waals surface area contributed by atoms with E-state index in [1.165, 1.54) is 0 Å². The highest BCUT2D eigenvalue weighted by Crippen LogP contribution is 2.21. The van der Waals surface area contributed by atoms with Gasteiger partial charge in [0.25, 0.3) is 0 Å². The second kappa shape index (κ2) is 8.42. The highest BCUT2D eigenvalue weighted by molar-refractivity contribution is 7.09. The lowest BCUT2D eigenvalue weighted by Crippen LogP contribution is -2.37. The van der Waals surface area contributed by atoms with Crippen LogP contribution in [0.4, 0.5) is 0 Å². The van der Waals surface area contributed by atoms with Gasteiger partial charge in [0.1, 0.15) is 5.01 Å². The van der Waals surface area contributed by atoms with Crippen LogP contribution in [-0.2, 0) is 6.54 Å². The van der Waals surface area contributed by atoms with Crippen LogP contribution >= 0.6 is 11.3 Å². The van der Waals surface area contributed by atoms with Crippen molar-refractivity contribution in [3.8, 4) is 11.3 Å². The van der Waals surface area contributed by atoms with Crippen molar-refractivity contribution in [1.29, 1.82) is 0 Å². The lowest BCUT2D eigenvalue weighted by atomic mass is 10.2. The molecule has 0 atom stereocenters. The van der Waals surface area contributed by atoms with Crippen LogP contribution in [0.25, 0.3) is 11.3 Å². The van der Waals surface area contributed by atoms with E-state index in [2.05, 4.69) is 52.0 Å². The third kappa shape index (κ3) is 4.86.